The molecule has 0 saturated heterocycles. The molecule has 0 bridgehead atoms. The fraction of sp³-hybridized carbons (Fsp3) is 0.525. The highest BCUT2D eigenvalue weighted by molar-refractivity contribution is 6.91. The lowest BCUT2D eigenvalue weighted by Crippen LogP contribution is -2.61. The minimum Gasteiger partial charge on any atom is -0.496 e. The second-order valence-corrected chi connectivity index (χ2v) is 43.9. The van der Waals surface area contributed by atoms with Gasteiger partial charge in [0.1, 0.15) is 17.2 Å². The number of hydrogen-bond donors (Lipinski definition) is 0. The van der Waals surface area contributed by atoms with Gasteiger partial charge in [0.05, 0.1) is 7.11 Å². The van der Waals surface area contributed by atoms with E-state index in [1.54, 1.807) is 25.3 Å². The van der Waals surface area contributed by atoms with E-state index in [2.05, 4.69) is 105 Å². The van der Waals surface area contributed by atoms with Crippen LogP contribution in [0.2, 0.25) is 90.7 Å². The van der Waals surface area contributed by atoms with Crippen LogP contribution < -0.4 is 14.2 Å². The summed E-state index contributed by atoms with van der Waals surface area (Å²) in [7, 11) is -12.4. The Hall–Kier alpha value is -2.13. The lowest BCUT2D eigenvalue weighted by molar-refractivity contribution is 0.151. The first-order valence-corrected chi connectivity index (χ1v) is 37.2. The summed E-state index contributed by atoms with van der Waals surface area (Å²) in [5.41, 5.74) is 3.16. The molecule has 0 aliphatic heterocycles. The Morgan fingerprint density at radius 1 is 0.537 bits per heavy atom. The van der Waals surface area contributed by atoms with E-state index in [0.29, 0.717) is 17.5 Å². The second-order valence-electron chi connectivity index (χ2n) is 18.9. The molecule has 0 aliphatic carbocycles. The van der Waals surface area contributed by atoms with Crippen LogP contribution >= 0.6 is 0 Å². The minimum atomic E-state index is -3.26. The van der Waals surface area contributed by atoms with Gasteiger partial charge >= 0.3 is 15.0 Å². The Morgan fingerprint density at radius 3 is 1.43 bits per heavy atom. The smallest absolute Gasteiger partial charge is 0.496 e. The molecule has 0 amide bonds. The maximum Gasteiger partial charge on any atom is 0.519 e. The first-order valence-electron chi connectivity index (χ1n) is 19.1. The van der Waals surface area contributed by atoms with Crippen LogP contribution in [0, 0.1) is 0 Å². The minimum absolute atomic E-state index is 0.00213. The first-order chi connectivity index (χ1) is 24.6. The molecule has 3 rings (SSSR count). The van der Waals surface area contributed by atoms with E-state index in [-0.39, 0.29) is 5.41 Å². The molecule has 0 aliphatic rings. The number of para-hydroxylation sites is 2. The molecule has 0 fully saturated rings. The van der Waals surface area contributed by atoms with Gasteiger partial charge in [0.2, 0.25) is 0 Å². The molecule has 300 valence electrons. The van der Waals surface area contributed by atoms with Crippen LogP contribution in [-0.2, 0) is 34.0 Å². The second kappa shape index (κ2) is 18.0. The number of benzene rings is 3. The third-order valence-corrected chi connectivity index (χ3v) is 30.4. The Balaban J connectivity index is 1.86. The van der Waals surface area contributed by atoms with Gasteiger partial charge in [0.15, 0.2) is 41.6 Å². The summed E-state index contributed by atoms with van der Waals surface area (Å²) in [6, 6.07) is 26.7. The number of methoxy groups -OCH3 is 1. The van der Waals surface area contributed by atoms with E-state index >= 15 is 0 Å². The summed E-state index contributed by atoms with van der Waals surface area (Å²) in [6.45, 7) is 33.4. The summed E-state index contributed by atoms with van der Waals surface area (Å²) in [6.07, 6.45) is -0.779. The van der Waals surface area contributed by atoms with Crippen molar-refractivity contribution in [3.8, 4) is 17.2 Å². The van der Waals surface area contributed by atoms with Crippen LogP contribution in [0.3, 0.4) is 0 Å². The summed E-state index contributed by atoms with van der Waals surface area (Å²) < 4.78 is 45.7. The highest BCUT2D eigenvalue weighted by atomic mass is 28.5. The van der Waals surface area contributed by atoms with Gasteiger partial charge in [0.25, 0.3) is 0 Å². The van der Waals surface area contributed by atoms with Crippen molar-refractivity contribution in [2.45, 2.75) is 129 Å². The highest BCUT2D eigenvalue weighted by Gasteiger charge is 2.49. The number of carbonyl (C=O) groups is 1. The number of carbonyl (C=O) groups excluding carboxylic acids is 1. The van der Waals surface area contributed by atoms with Crippen LogP contribution in [0.25, 0.3) is 0 Å². The summed E-state index contributed by atoms with van der Waals surface area (Å²) in [4.78, 5) is 13.0. The van der Waals surface area contributed by atoms with Crippen LogP contribution in [0.1, 0.15) is 37.5 Å². The molecule has 3 aromatic rings. The lowest BCUT2D eigenvalue weighted by Gasteiger charge is -2.44. The molecule has 54 heavy (non-hydrogen) atoms. The van der Waals surface area contributed by atoms with Gasteiger partial charge in [-0.05, 0) is 143 Å². The predicted molar refractivity (Wildman–Crippen MR) is 237 cm³/mol. The summed E-state index contributed by atoms with van der Waals surface area (Å²) in [5.74, 6) is 1.76. The molecule has 1 unspecified atom stereocenters. The average molecular weight is 845 g/mol. The Kier molecular flexibility index (Phi) is 15.4. The quantitative estimate of drug-likeness (QED) is 0.0711. The van der Waals surface area contributed by atoms with Crippen molar-refractivity contribution in [3.05, 3.63) is 89.5 Å². The number of hydrogen-bond acceptors (Lipinski definition) is 8. The topological polar surface area (TPSA) is 81.7 Å². The molecule has 0 aromatic heterocycles. The van der Waals surface area contributed by atoms with Crippen molar-refractivity contribution in [1.82, 2.24) is 0 Å². The molecular weight excluding hydrogens is 777 g/mol. The van der Waals surface area contributed by atoms with E-state index in [1.807, 2.05) is 48.5 Å². The molecule has 0 heterocycles. The van der Waals surface area contributed by atoms with Gasteiger partial charge in [0, 0.05) is 6.55 Å². The van der Waals surface area contributed by atoms with Crippen LogP contribution in [0.4, 0.5) is 4.79 Å². The lowest BCUT2D eigenvalue weighted by atomic mass is 9.87. The Bertz CT molecular complexity index is 1680. The standard InChI is InChI=1S/C40H68O8Si6/c1-40(2,3)35-25-27-36(28-26-35)43-39(41)44-38-24-20-18-22-34(38)32-53(14,15)48-54(16,46-51(10,11)30-29-50(8,9)45-49(5,6)7)47-52(12,13)31-33-21-17-19-23-37(33)42-4/h17-28H,29-32H2,1-16H3. The zero-order valence-electron chi connectivity index (χ0n) is 36.0. The SMILES string of the molecule is COc1ccccc1C[Si](C)(C)O[Si](C)(O[Si](C)(C)CC[Si](C)(C)O[Si](C)(C)C)O[Si](C)(C)Cc1ccccc1OC(=O)Oc1ccc(C(C)(C)C)cc1. The predicted octanol–water partition coefficient (Wildman–Crippen LogP) is 11.7. The fourth-order valence-electron chi connectivity index (χ4n) is 6.92. The normalized spacial score (nSPS) is 14.4. The van der Waals surface area contributed by atoms with Crippen LogP contribution in [0.5, 0.6) is 17.2 Å². The third-order valence-electron chi connectivity index (χ3n) is 8.81. The van der Waals surface area contributed by atoms with Crippen molar-refractivity contribution in [2.24, 2.45) is 0 Å². The van der Waals surface area contributed by atoms with Crippen molar-refractivity contribution < 1.29 is 35.5 Å². The van der Waals surface area contributed by atoms with Crippen LogP contribution in [0.15, 0.2) is 72.8 Å². The van der Waals surface area contributed by atoms with Crippen molar-refractivity contribution in [3.63, 3.8) is 0 Å². The monoisotopic (exact) mass is 844 g/mol. The first kappa shape index (κ1) is 46.3. The Labute approximate surface area is 333 Å². The molecule has 3 aromatic carbocycles. The molecule has 0 radical (unpaired) electrons. The zero-order chi connectivity index (χ0) is 40.8. The summed E-state index contributed by atoms with van der Waals surface area (Å²) in [5, 5.41) is 0. The number of ether oxygens (including phenoxy) is 3. The van der Waals surface area contributed by atoms with E-state index < -0.39 is 56.5 Å². The molecular formula is C40H68O8Si6. The average Bonchev–Trinajstić information content (AvgIpc) is 2.98. The molecule has 0 N–H and O–H groups in total. The third kappa shape index (κ3) is 15.8. The van der Waals surface area contributed by atoms with Crippen molar-refractivity contribution in [1.29, 1.82) is 0 Å². The number of rotatable bonds is 18. The molecule has 8 nitrogen and oxygen atoms in total. The van der Waals surface area contributed by atoms with Gasteiger partial charge in [-0.1, -0.05) is 69.3 Å². The zero-order valence-corrected chi connectivity index (χ0v) is 42.0. The molecule has 1 atom stereocenters. The van der Waals surface area contributed by atoms with Crippen molar-refractivity contribution in [2.75, 3.05) is 7.11 Å². The van der Waals surface area contributed by atoms with E-state index in [1.165, 1.54) is 0 Å². The van der Waals surface area contributed by atoms with Gasteiger partial charge in [-0.2, -0.15) is 0 Å². The molecule has 14 heteroatoms. The largest absolute Gasteiger partial charge is 0.519 e. The van der Waals surface area contributed by atoms with E-state index in [0.717, 1.165) is 40.6 Å². The van der Waals surface area contributed by atoms with Gasteiger partial charge < -0.3 is 30.7 Å². The van der Waals surface area contributed by atoms with Gasteiger partial charge in [-0.15, -0.1) is 0 Å². The fourth-order valence-corrected chi connectivity index (χ4v) is 35.8. The summed E-state index contributed by atoms with van der Waals surface area (Å²) >= 11 is 0. The highest BCUT2D eigenvalue weighted by Crippen LogP contribution is 2.34. The maximum atomic E-state index is 13.0. The van der Waals surface area contributed by atoms with Crippen molar-refractivity contribution >= 4 is 56.5 Å². The van der Waals surface area contributed by atoms with E-state index in [4.69, 9.17) is 30.7 Å². The van der Waals surface area contributed by atoms with Gasteiger partial charge in [-0.3, -0.25) is 0 Å². The maximum absolute atomic E-state index is 13.0. The molecule has 0 saturated carbocycles. The van der Waals surface area contributed by atoms with E-state index in [9.17, 15) is 4.79 Å². The van der Waals surface area contributed by atoms with Crippen LogP contribution in [-0.4, -0.2) is 63.7 Å². The Morgan fingerprint density at radius 2 is 0.963 bits per heavy atom. The molecule has 0 spiro atoms. The van der Waals surface area contributed by atoms with Gasteiger partial charge in [-0.25, -0.2) is 4.79 Å².